The second-order valence-electron chi connectivity index (χ2n) is 2.42. The van der Waals surface area contributed by atoms with Crippen LogP contribution in [0.4, 0.5) is 17.4 Å². The zero-order valence-electron chi connectivity index (χ0n) is 7.53. The number of ether oxygens (including phenoxy) is 1. The third kappa shape index (κ3) is 4.50. The van der Waals surface area contributed by atoms with E-state index >= 15 is 0 Å². The summed E-state index contributed by atoms with van der Waals surface area (Å²) < 4.78 is 56.6. The van der Waals surface area contributed by atoms with Crippen LogP contribution in [0.1, 0.15) is 6.92 Å². The van der Waals surface area contributed by atoms with Crippen LogP contribution in [0.2, 0.25) is 0 Å². The average molecular weight is 238 g/mol. The fourth-order valence-electron chi connectivity index (χ4n) is 0.452. The topological polar surface area (TPSA) is 38.7 Å². The van der Waals surface area contributed by atoms with E-state index in [9.17, 15) is 17.4 Å². The van der Waals surface area contributed by atoms with Gasteiger partial charge in [-0.25, -0.2) is 13.2 Å². The SMILES string of the molecule is COC(C)C(O)OP(F)C(F)C(F)F. The Morgan fingerprint density at radius 3 is 2.14 bits per heavy atom. The monoisotopic (exact) mass is 238 g/mol. The first-order valence-corrected chi connectivity index (χ1v) is 4.87. The van der Waals surface area contributed by atoms with Crippen LogP contribution in [-0.2, 0) is 9.26 Å². The van der Waals surface area contributed by atoms with Gasteiger partial charge in [0.1, 0.15) is 6.10 Å². The molecule has 4 atom stereocenters. The molecule has 0 rings (SSSR count). The van der Waals surface area contributed by atoms with Gasteiger partial charge in [-0.15, -0.1) is 0 Å². The number of aliphatic hydroxyl groups excluding tert-OH is 1. The molecule has 8 heteroatoms. The number of aliphatic hydroxyl groups is 1. The van der Waals surface area contributed by atoms with Gasteiger partial charge in [0.05, 0.1) is 0 Å². The van der Waals surface area contributed by atoms with Crippen molar-refractivity contribution in [2.45, 2.75) is 31.7 Å². The van der Waals surface area contributed by atoms with Crippen molar-refractivity contribution in [1.29, 1.82) is 0 Å². The Kier molecular flexibility index (Phi) is 6.52. The van der Waals surface area contributed by atoms with Gasteiger partial charge >= 0.3 is 0 Å². The molecular formula is C6H11F4O3P. The lowest BCUT2D eigenvalue weighted by Gasteiger charge is -2.20. The first-order chi connectivity index (χ1) is 6.40. The quantitative estimate of drug-likeness (QED) is 0.438. The van der Waals surface area contributed by atoms with E-state index in [1.807, 2.05) is 0 Å². The van der Waals surface area contributed by atoms with Gasteiger partial charge in [0.2, 0.25) is 5.91 Å². The smallest absolute Gasteiger partial charge is 0.278 e. The van der Waals surface area contributed by atoms with E-state index in [0.29, 0.717) is 0 Å². The molecule has 0 aromatic heterocycles. The van der Waals surface area contributed by atoms with Crippen LogP contribution in [0.25, 0.3) is 0 Å². The minimum absolute atomic E-state index is 0.916. The summed E-state index contributed by atoms with van der Waals surface area (Å²) in [5, 5.41) is 8.94. The molecule has 14 heavy (non-hydrogen) atoms. The van der Waals surface area contributed by atoms with Gasteiger partial charge in [0.15, 0.2) is 6.29 Å². The molecule has 0 bridgehead atoms. The zero-order chi connectivity index (χ0) is 11.3. The van der Waals surface area contributed by atoms with Crippen molar-refractivity contribution in [3.63, 3.8) is 0 Å². The Hall–Kier alpha value is 0.0300. The maximum absolute atomic E-state index is 12.6. The summed E-state index contributed by atoms with van der Waals surface area (Å²) in [5.74, 6) is -3.01. The van der Waals surface area contributed by atoms with Crippen LogP contribution in [0.3, 0.4) is 0 Å². The zero-order valence-corrected chi connectivity index (χ0v) is 8.43. The predicted molar refractivity (Wildman–Crippen MR) is 42.5 cm³/mol. The van der Waals surface area contributed by atoms with Crippen molar-refractivity contribution in [3.8, 4) is 0 Å². The van der Waals surface area contributed by atoms with E-state index in [0.717, 1.165) is 0 Å². The molecule has 0 saturated heterocycles. The molecule has 0 saturated carbocycles. The minimum Gasteiger partial charge on any atom is -0.376 e. The summed E-state index contributed by atoms with van der Waals surface area (Å²) in [6.45, 7) is 1.32. The van der Waals surface area contributed by atoms with Crippen molar-refractivity contribution in [2.75, 3.05) is 7.11 Å². The third-order valence-corrected chi connectivity index (χ3v) is 2.41. The molecule has 0 aromatic rings. The van der Waals surface area contributed by atoms with Gasteiger partial charge in [-0.1, -0.05) is 0 Å². The van der Waals surface area contributed by atoms with E-state index in [4.69, 9.17) is 5.11 Å². The van der Waals surface area contributed by atoms with E-state index in [1.54, 1.807) is 0 Å². The molecule has 3 nitrogen and oxygen atoms in total. The van der Waals surface area contributed by atoms with Gasteiger partial charge in [0, 0.05) is 7.11 Å². The molecule has 0 spiro atoms. The second-order valence-corrected chi connectivity index (χ2v) is 3.66. The Balaban J connectivity index is 3.98. The third-order valence-electron chi connectivity index (χ3n) is 1.38. The molecule has 0 aliphatic carbocycles. The van der Waals surface area contributed by atoms with Gasteiger partial charge < -0.3 is 9.84 Å². The molecule has 0 amide bonds. The molecule has 0 aromatic carbocycles. The highest BCUT2D eigenvalue weighted by atomic mass is 31.2. The van der Waals surface area contributed by atoms with Crippen LogP contribution in [0.15, 0.2) is 0 Å². The van der Waals surface area contributed by atoms with Crippen LogP contribution in [0.5, 0.6) is 0 Å². The number of halogens is 4. The number of rotatable bonds is 6. The van der Waals surface area contributed by atoms with Gasteiger partial charge in [-0.05, 0) is 6.92 Å². The molecular weight excluding hydrogens is 227 g/mol. The molecule has 0 fully saturated rings. The normalized spacial score (nSPS) is 20.6. The molecule has 4 unspecified atom stereocenters. The lowest BCUT2D eigenvalue weighted by Crippen LogP contribution is -2.27. The number of methoxy groups -OCH3 is 1. The summed E-state index contributed by atoms with van der Waals surface area (Å²) >= 11 is 0. The van der Waals surface area contributed by atoms with E-state index < -0.39 is 33.2 Å². The molecule has 0 aliphatic rings. The standard InChI is InChI=1S/C6H11F4O3P/c1-3(12-2)6(11)13-14(10)5(9)4(7)8/h3-6,11H,1-2H3. The Bertz CT molecular complexity index is 162. The summed E-state index contributed by atoms with van der Waals surface area (Å²) in [5.41, 5.74) is 0. The van der Waals surface area contributed by atoms with Crippen molar-refractivity contribution >= 4 is 8.46 Å². The molecule has 0 aliphatic heterocycles. The minimum atomic E-state index is -3.51. The molecule has 0 heterocycles. The highest BCUT2D eigenvalue weighted by Gasteiger charge is 2.34. The van der Waals surface area contributed by atoms with Gasteiger partial charge in [-0.3, -0.25) is 4.52 Å². The van der Waals surface area contributed by atoms with Crippen molar-refractivity contribution in [3.05, 3.63) is 0 Å². The highest BCUT2D eigenvalue weighted by molar-refractivity contribution is 7.47. The van der Waals surface area contributed by atoms with Crippen LogP contribution in [-0.4, -0.2) is 36.9 Å². The second kappa shape index (κ2) is 6.50. The molecule has 0 radical (unpaired) electrons. The van der Waals surface area contributed by atoms with Crippen LogP contribution in [0, 0.1) is 0 Å². The Morgan fingerprint density at radius 2 is 1.79 bits per heavy atom. The Morgan fingerprint density at radius 1 is 1.29 bits per heavy atom. The van der Waals surface area contributed by atoms with Crippen molar-refractivity contribution < 1.29 is 31.7 Å². The number of hydrogen-bond acceptors (Lipinski definition) is 3. The highest BCUT2D eigenvalue weighted by Crippen LogP contribution is 2.48. The van der Waals surface area contributed by atoms with E-state index in [-0.39, 0.29) is 0 Å². The molecule has 86 valence electrons. The number of hydrogen-bond donors (Lipinski definition) is 1. The summed E-state index contributed by atoms with van der Waals surface area (Å²) in [6, 6.07) is 0. The Labute approximate surface area is 80.0 Å². The first kappa shape index (κ1) is 14.0. The maximum Gasteiger partial charge on any atom is 0.278 e. The fraction of sp³-hybridized carbons (Fsp3) is 1.00. The van der Waals surface area contributed by atoms with Crippen LogP contribution >= 0.6 is 8.46 Å². The van der Waals surface area contributed by atoms with Crippen LogP contribution < -0.4 is 0 Å². The lowest BCUT2D eigenvalue weighted by atomic mass is 10.4. The van der Waals surface area contributed by atoms with Gasteiger partial charge in [0.25, 0.3) is 14.9 Å². The first-order valence-electron chi connectivity index (χ1n) is 3.65. The summed E-state index contributed by atoms with van der Waals surface area (Å²) in [6.07, 6.45) is -6.13. The average Bonchev–Trinajstić information content (AvgIpc) is 2.14. The van der Waals surface area contributed by atoms with Crippen molar-refractivity contribution in [2.24, 2.45) is 0 Å². The predicted octanol–water partition coefficient (Wildman–Crippen LogP) is 2.20. The van der Waals surface area contributed by atoms with E-state index in [1.165, 1.54) is 14.0 Å². The maximum atomic E-state index is 12.6. The van der Waals surface area contributed by atoms with E-state index in [2.05, 4.69) is 9.26 Å². The van der Waals surface area contributed by atoms with Gasteiger partial charge in [-0.2, -0.15) is 4.20 Å². The summed E-state index contributed by atoms with van der Waals surface area (Å²) in [7, 11) is -2.30. The summed E-state index contributed by atoms with van der Waals surface area (Å²) in [4.78, 5) is 0. The fourth-order valence-corrected chi connectivity index (χ4v) is 1.12. The number of alkyl halides is 3. The lowest BCUT2D eigenvalue weighted by molar-refractivity contribution is -0.110. The largest absolute Gasteiger partial charge is 0.376 e. The van der Waals surface area contributed by atoms with Crippen molar-refractivity contribution in [1.82, 2.24) is 0 Å². The molecule has 1 N–H and O–H groups in total.